The van der Waals surface area contributed by atoms with Gasteiger partial charge in [-0.25, -0.2) is 9.37 Å². The van der Waals surface area contributed by atoms with Gasteiger partial charge >= 0.3 is 0 Å². The molecule has 0 spiro atoms. The number of rotatable bonds is 6. The molecule has 1 saturated carbocycles. The van der Waals surface area contributed by atoms with Gasteiger partial charge in [0.2, 0.25) is 0 Å². The fraction of sp³-hybridized carbons (Fsp3) is 0.500. The van der Waals surface area contributed by atoms with E-state index >= 15 is 0 Å². The lowest BCUT2D eigenvalue weighted by molar-refractivity contribution is 0.116. The molecule has 124 valence electrons. The van der Waals surface area contributed by atoms with Crippen molar-refractivity contribution in [3.8, 4) is 10.6 Å². The molecule has 1 fully saturated rings. The Morgan fingerprint density at radius 2 is 1.91 bits per heavy atom. The molecule has 2 aromatic rings. The Kier molecular flexibility index (Phi) is 5.75. The lowest BCUT2D eigenvalue weighted by Gasteiger charge is -2.33. The van der Waals surface area contributed by atoms with Gasteiger partial charge in [0, 0.05) is 30.1 Å². The van der Waals surface area contributed by atoms with Crippen LogP contribution in [-0.2, 0) is 6.54 Å². The van der Waals surface area contributed by atoms with Crippen LogP contribution < -0.4 is 0 Å². The smallest absolute Gasteiger partial charge is 0.123 e. The first-order valence-corrected chi connectivity index (χ1v) is 9.19. The van der Waals surface area contributed by atoms with Crippen molar-refractivity contribution >= 4 is 11.3 Å². The molecule has 0 amide bonds. The van der Waals surface area contributed by atoms with Gasteiger partial charge in [0.05, 0.1) is 12.3 Å². The van der Waals surface area contributed by atoms with Crippen LogP contribution in [-0.4, -0.2) is 34.2 Å². The van der Waals surface area contributed by atoms with E-state index in [-0.39, 0.29) is 12.4 Å². The molecule has 1 heterocycles. The molecule has 0 saturated heterocycles. The minimum absolute atomic E-state index is 0.186. The number of halogens is 1. The SMILES string of the molecule is OCCN(Cc1csc(-c2ccc(F)cc2)n1)C1CCCCC1. The molecular formula is C18H23FN2OS. The van der Waals surface area contributed by atoms with E-state index < -0.39 is 0 Å². The van der Waals surface area contributed by atoms with Gasteiger partial charge in [-0.05, 0) is 37.1 Å². The maximum Gasteiger partial charge on any atom is 0.123 e. The highest BCUT2D eigenvalue weighted by molar-refractivity contribution is 7.13. The standard InChI is InChI=1S/C18H23FN2OS/c19-15-8-6-14(7-9-15)18-20-16(13-23-18)12-21(10-11-22)17-4-2-1-3-5-17/h6-9,13,17,22H,1-5,10-12H2. The van der Waals surface area contributed by atoms with Crippen molar-refractivity contribution in [2.75, 3.05) is 13.2 Å². The Hall–Kier alpha value is -1.30. The number of aromatic nitrogens is 1. The van der Waals surface area contributed by atoms with Crippen molar-refractivity contribution in [1.82, 2.24) is 9.88 Å². The van der Waals surface area contributed by atoms with Crippen LogP contribution in [0.2, 0.25) is 0 Å². The zero-order chi connectivity index (χ0) is 16.1. The molecule has 0 atom stereocenters. The van der Waals surface area contributed by atoms with E-state index in [1.165, 1.54) is 44.2 Å². The van der Waals surface area contributed by atoms with Gasteiger partial charge in [0.1, 0.15) is 10.8 Å². The molecule has 23 heavy (non-hydrogen) atoms. The van der Waals surface area contributed by atoms with Gasteiger partial charge in [-0.3, -0.25) is 4.90 Å². The van der Waals surface area contributed by atoms with Crippen molar-refractivity contribution in [3.05, 3.63) is 41.2 Å². The monoisotopic (exact) mass is 334 g/mol. The van der Waals surface area contributed by atoms with Gasteiger partial charge in [-0.15, -0.1) is 11.3 Å². The second-order valence-corrected chi connectivity index (χ2v) is 6.99. The lowest BCUT2D eigenvalue weighted by Crippen LogP contribution is -2.38. The quantitative estimate of drug-likeness (QED) is 0.865. The summed E-state index contributed by atoms with van der Waals surface area (Å²) in [6.45, 7) is 1.67. The lowest BCUT2D eigenvalue weighted by atomic mass is 9.94. The third-order valence-electron chi connectivity index (χ3n) is 4.49. The van der Waals surface area contributed by atoms with Crippen LogP contribution in [0.3, 0.4) is 0 Å². The van der Waals surface area contributed by atoms with E-state index in [0.717, 1.165) is 22.8 Å². The molecule has 5 heteroatoms. The van der Waals surface area contributed by atoms with Crippen LogP contribution in [0.15, 0.2) is 29.6 Å². The average Bonchev–Trinajstić information content (AvgIpc) is 3.04. The van der Waals surface area contributed by atoms with Crippen LogP contribution in [0.5, 0.6) is 0 Å². The molecule has 3 nitrogen and oxygen atoms in total. The Balaban J connectivity index is 1.69. The van der Waals surface area contributed by atoms with Gasteiger partial charge in [-0.2, -0.15) is 0 Å². The molecule has 1 N–H and O–H groups in total. The van der Waals surface area contributed by atoms with Crippen LogP contribution >= 0.6 is 11.3 Å². The summed E-state index contributed by atoms with van der Waals surface area (Å²) in [6.07, 6.45) is 6.33. The fourth-order valence-corrected chi connectivity index (χ4v) is 4.10. The zero-order valence-electron chi connectivity index (χ0n) is 13.2. The molecular weight excluding hydrogens is 311 g/mol. The van der Waals surface area contributed by atoms with Gasteiger partial charge in [0.25, 0.3) is 0 Å². The number of thiazole rings is 1. The number of hydrogen-bond acceptors (Lipinski definition) is 4. The van der Waals surface area contributed by atoms with Crippen LogP contribution in [0.4, 0.5) is 4.39 Å². The summed E-state index contributed by atoms with van der Waals surface area (Å²) in [5.74, 6) is -0.225. The van der Waals surface area contributed by atoms with E-state index in [9.17, 15) is 9.50 Å². The molecule has 1 aliphatic carbocycles. The van der Waals surface area contributed by atoms with E-state index in [1.807, 2.05) is 0 Å². The summed E-state index contributed by atoms with van der Waals surface area (Å²) in [5.41, 5.74) is 1.99. The highest BCUT2D eigenvalue weighted by Gasteiger charge is 2.21. The maximum atomic E-state index is 13.0. The van der Waals surface area contributed by atoms with E-state index in [1.54, 1.807) is 23.5 Å². The predicted molar refractivity (Wildman–Crippen MR) is 91.9 cm³/mol. The van der Waals surface area contributed by atoms with Crippen molar-refractivity contribution in [3.63, 3.8) is 0 Å². The number of benzene rings is 1. The second kappa shape index (κ2) is 7.99. The molecule has 3 rings (SSSR count). The minimum Gasteiger partial charge on any atom is -0.395 e. The summed E-state index contributed by atoms with van der Waals surface area (Å²) in [7, 11) is 0. The molecule has 0 radical (unpaired) electrons. The van der Waals surface area contributed by atoms with Crippen molar-refractivity contribution in [1.29, 1.82) is 0 Å². The van der Waals surface area contributed by atoms with Crippen molar-refractivity contribution in [2.24, 2.45) is 0 Å². The molecule has 1 aromatic heterocycles. The van der Waals surface area contributed by atoms with E-state index in [4.69, 9.17) is 4.98 Å². The Bertz CT molecular complexity index is 608. The first-order chi connectivity index (χ1) is 11.3. The number of hydrogen-bond donors (Lipinski definition) is 1. The minimum atomic E-state index is -0.225. The Morgan fingerprint density at radius 1 is 1.17 bits per heavy atom. The molecule has 0 aliphatic heterocycles. The third-order valence-corrected chi connectivity index (χ3v) is 5.43. The third kappa shape index (κ3) is 4.37. The van der Waals surface area contributed by atoms with Gasteiger partial charge in [-0.1, -0.05) is 19.3 Å². The molecule has 0 unspecified atom stereocenters. The second-order valence-electron chi connectivity index (χ2n) is 6.14. The summed E-state index contributed by atoms with van der Waals surface area (Å²) < 4.78 is 13.0. The first-order valence-electron chi connectivity index (χ1n) is 8.31. The normalized spacial score (nSPS) is 16.1. The average molecular weight is 334 g/mol. The van der Waals surface area contributed by atoms with Gasteiger partial charge in [0.15, 0.2) is 0 Å². The van der Waals surface area contributed by atoms with Crippen molar-refractivity contribution in [2.45, 2.75) is 44.7 Å². The van der Waals surface area contributed by atoms with Gasteiger partial charge < -0.3 is 5.11 Å². The van der Waals surface area contributed by atoms with Crippen LogP contribution in [0.1, 0.15) is 37.8 Å². The van der Waals surface area contributed by atoms with Crippen LogP contribution in [0, 0.1) is 5.82 Å². The van der Waals surface area contributed by atoms with Crippen LogP contribution in [0.25, 0.3) is 10.6 Å². The first kappa shape index (κ1) is 16.6. The molecule has 1 aromatic carbocycles. The molecule has 1 aliphatic rings. The molecule has 0 bridgehead atoms. The predicted octanol–water partition coefficient (Wildman–Crippen LogP) is 4.08. The van der Waals surface area contributed by atoms with E-state index in [0.29, 0.717) is 12.6 Å². The summed E-state index contributed by atoms with van der Waals surface area (Å²) in [4.78, 5) is 7.06. The number of aliphatic hydroxyl groups excluding tert-OH is 1. The summed E-state index contributed by atoms with van der Waals surface area (Å²) in [5, 5.41) is 12.4. The fourth-order valence-electron chi connectivity index (χ4n) is 3.28. The zero-order valence-corrected chi connectivity index (χ0v) is 14.1. The largest absolute Gasteiger partial charge is 0.395 e. The highest BCUT2D eigenvalue weighted by atomic mass is 32.1. The Morgan fingerprint density at radius 3 is 2.61 bits per heavy atom. The Labute approximate surface area is 140 Å². The topological polar surface area (TPSA) is 36.4 Å². The summed E-state index contributed by atoms with van der Waals surface area (Å²) in [6, 6.07) is 7.04. The number of nitrogens with zero attached hydrogens (tertiary/aromatic N) is 2. The van der Waals surface area contributed by atoms with E-state index in [2.05, 4.69) is 10.3 Å². The maximum absolute atomic E-state index is 13.0. The summed E-state index contributed by atoms with van der Waals surface area (Å²) >= 11 is 1.59. The highest BCUT2D eigenvalue weighted by Crippen LogP contribution is 2.27. The van der Waals surface area contributed by atoms with Crippen molar-refractivity contribution < 1.29 is 9.50 Å². The number of aliphatic hydroxyl groups is 1.